The number of aliphatic hydroxyl groups is 1. The van der Waals surface area contributed by atoms with Crippen LogP contribution in [0.5, 0.6) is 0 Å². The highest BCUT2D eigenvalue weighted by Crippen LogP contribution is 2.31. The van der Waals surface area contributed by atoms with E-state index < -0.39 is 0 Å². The van der Waals surface area contributed by atoms with Gasteiger partial charge in [0.1, 0.15) is 0 Å². The maximum atomic E-state index is 10.5. The standard InChI is InChI=1S/C17H34O/c1-2-3-4-5-6-7-8-11-14-17(18)15-12-9-10-13-16-17/h18H,2-16H2,1H3. The fourth-order valence-electron chi connectivity index (χ4n) is 3.22. The van der Waals surface area contributed by atoms with Gasteiger partial charge in [-0.05, 0) is 19.3 Å². The summed E-state index contributed by atoms with van der Waals surface area (Å²) in [6.07, 6.45) is 19.2. The normalized spacial score (nSPS) is 19.7. The molecule has 0 aromatic rings. The highest BCUT2D eigenvalue weighted by atomic mass is 16.3. The van der Waals surface area contributed by atoms with Crippen molar-refractivity contribution in [3.8, 4) is 0 Å². The molecule has 1 heteroatoms. The molecular formula is C17H34O. The van der Waals surface area contributed by atoms with Crippen molar-refractivity contribution in [2.75, 3.05) is 0 Å². The number of unbranched alkanes of at least 4 members (excludes halogenated alkanes) is 7. The van der Waals surface area contributed by atoms with E-state index in [-0.39, 0.29) is 5.60 Å². The van der Waals surface area contributed by atoms with Crippen LogP contribution in [-0.4, -0.2) is 10.7 Å². The second-order valence-corrected chi connectivity index (χ2v) is 6.36. The Hall–Kier alpha value is -0.0400. The van der Waals surface area contributed by atoms with E-state index in [0.29, 0.717) is 0 Å². The van der Waals surface area contributed by atoms with Crippen molar-refractivity contribution >= 4 is 0 Å². The van der Waals surface area contributed by atoms with E-state index in [1.165, 1.54) is 77.0 Å². The topological polar surface area (TPSA) is 20.2 Å². The van der Waals surface area contributed by atoms with Crippen molar-refractivity contribution in [2.24, 2.45) is 0 Å². The summed E-state index contributed by atoms with van der Waals surface area (Å²) in [7, 11) is 0. The molecule has 1 aliphatic carbocycles. The predicted octanol–water partition coefficient (Wildman–Crippen LogP) is 5.60. The maximum absolute atomic E-state index is 10.5. The molecule has 1 fully saturated rings. The number of hydrogen-bond acceptors (Lipinski definition) is 1. The van der Waals surface area contributed by atoms with Crippen molar-refractivity contribution in [1.29, 1.82) is 0 Å². The van der Waals surface area contributed by atoms with Crippen molar-refractivity contribution < 1.29 is 5.11 Å². The third-order valence-electron chi connectivity index (χ3n) is 4.53. The van der Waals surface area contributed by atoms with Crippen molar-refractivity contribution in [1.82, 2.24) is 0 Å². The van der Waals surface area contributed by atoms with Crippen LogP contribution in [0.15, 0.2) is 0 Å². The first-order valence-corrected chi connectivity index (χ1v) is 8.49. The van der Waals surface area contributed by atoms with Crippen LogP contribution in [0.4, 0.5) is 0 Å². The Morgan fingerprint density at radius 1 is 0.722 bits per heavy atom. The third kappa shape index (κ3) is 7.41. The van der Waals surface area contributed by atoms with Gasteiger partial charge in [-0.2, -0.15) is 0 Å². The van der Waals surface area contributed by atoms with Crippen LogP contribution in [0.2, 0.25) is 0 Å². The van der Waals surface area contributed by atoms with Crippen LogP contribution in [0.25, 0.3) is 0 Å². The highest BCUT2D eigenvalue weighted by Gasteiger charge is 2.26. The fourth-order valence-corrected chi connectivity index (χ4v) is 3.22. The van der Waals surface area contributed by atoms with Crippen LogP contribution in [0, 0.1) is 0 Å². The van der Waals surface area contributed by atoms with Gasteiger partial charge in [0.05, 0.1) is 5.60 Å². The molecule has 1 saturated carbocycles. The Morgan fingerprint density at radius 2 is 1.22 bits per heavy atom. The molecule has 0 amide bonds. The molecule has 0 bridgehead atoms. The lowest BCUT2D eigenvalue weighted by Gasteiger charge is -2.26. The van der Waals surface area contributed by atoms with Gasteiger partial charge in [-0.25, -0.2) is 0 Å². The lowest BCUT2D eigenvalue weighted by atomic mass is 9.88. The highest BCUT2D eigenvalue weighted by molar-refractivity contribution is 4.80. The van der Waals surface area contributed by atoms with Gasteiger partial charge in [-0.3, -0.25) is 0 Å². The Labute approximate surface area is 114 Å². The molecule has 1 rings (SSSR count). The average molecular weight is 254 g/mol. The summed E-state index contributed by atoms with van der Waals surface area (Å²) >= 11 is 0. The van der Waals surface area contributed by atoms with Gasteiger partial charge >= 0.3 is 0 Å². The van der Waals surface area contributed by atoms with Gasteiger partial charge in [-0.15, -0.1) is 0 Å². The van der Waals surface area contributed by atoms with Crippen molar-refractivity contribution in [2.45, 2.75) is 109 Å². The van der Waals surface area contributed by atoms with Gasteiger partial charge in [0.25, 0.3) is 0 Å². The molecule has 0 radical (unpaired) electrons. The van der Waals surface area contributed by atoms with E-state index in [9.17, 15) is 5.11 Å². The zero-order valence-corrected chi connectivity index (χ0v) is 12.6. The monoisotopic (exact) mass is 254 g/mol. The van der Waals surface area contributed by atoms with Crippen molar-refractivity contribution in [3.05, 3.63) is 0 Å². The molecular weight excluding hydrogens is 220 g/mol. The second kappa shape index (κ2) is 9.83. The van der Waals surface area contributed by atoms with Crippen molar-refractivity contribution in [3.63, 3.8) is 0 Å². The Morgan fingerprint density at radius 3 is 1.78 bits per heavy atom. The molecule has 0 heterocycles. The third-order valence-corrected chi connectivity index (χ3v) is 4.53. The van der Waals surface area contributed by atoms with Crippen LogP contribution in [0.1, 0.15) is 103 Å². The molecule has 0 atom stereocenters. The van der Waals surface area contributed by atoms with Gasteiger partial charge in [0.2, 0.25) is 0 Å². The zero-order chi connectivity index (χ0) is 13.1. The number of rotatable bonds is 9. The van der Waals surface area contributed by atoms with E-state index in [4.69, 9.17) is 0 Å². The van der Waals surface area contributed by atoms with Crippen LogP contribution >= 0.6 is 0 Å². The summed E-state index contributed by atoms with van der Waals surface area (Å²) in [4.78, 5) is 0. The molecule has 0 unspecified atom stereocenters. The molecule has 0 aliphatic heterocycles. The summed E-state index contributed by atoms with van der Waals surface area (Å²) in [5.74, 6) is 0. The smallest absolute Gasteiger partial charge is 0.0647 e. The van der Waals surface area contributed by atoms with Crippen LogP contribution < -0.4 is 0 Å². The van der Waals surface area contributed by atoms with E-state index in [2.05, 4.69) is 6.92 Å². The van der Waals surface area contributed by atoms with Gasteiger partial charge < -0.3 is 5.11 Å². The molecule has 0 aromatic heterocycles. The first-order valence-electron chi connectivity index (χ1n) is 8.49. The quantitative estimate of drug-likeness (QED) is 0.419. The van der Waals surface area contributed by atoms with E-state index in [1.807, 2.05) is 0 Å². The summed E-state index contributed by atoms with van der Waals surface area (Å²) in [5, 5.41) is 10.5. The van der Waals surface area contributed by atoms with E-state index in [0.717, 1.165) is 19.3 Å². The summed E-state index contributed by atoms with van der Waals surface area (Å²) < 4.78 is 0. The lowest BCUT2D eigenvalue weighted by molar-refractivity contribution is 0.0140. The SMILES string of the molecule is CCCCCCCCCCC1(O)CCCCCC1. The lowest BCUT2D eigenvalue weighted by Crippen LogP contribution is -2.27. The summed E-state index contributed by atoms with van der Waals surface area (Å²) in [5.41, 5.74) is -0.293. The molecule has 1 nitrogen and oxygen atoms in total. The maximum Gasteiger partial charge on any atom is 0.0647 e. The van der Waals surface area contributed by atoms with Gasteiger partial charge in [0.15, 0.2) is 0 Å². The minimum Gasteiger partial charge on any atom is -0.390 e. The molecule has 108 valence electrons. The summed E-state index contributed by atoms with van der Waals surface area (Å²) in [6.45, 7) is 2.27. The summed E-state index contributed by atoms with van der Waals surface area (Å²) in [6, 6.07) is 0. The largest absolute Gasteiger partial charge is 0.390 e. The van der Waals surface area contributed by atoms with Crippen LogP contribution in [-0.2, 0) is 0 Å². The molecule has 1 N–H and O–H groups in total. The van der Waals surface area contributed by atoms with Gasteiger partial charge in [-0.1, -0.05) is 84.0 Å². The minimum absolute atomic E-state index is 0.293. The molecule has 18 heavy (non-hydrogen) atoms. The minimum atomic E-state index is -0.293. The first kappa shape index (κ1) is 16.0. The Kier molecular flexibility index (Phi) is 8.75. The molecule has 0 spiro atoms. The predicted molar refractivity (Wildman–Crippen MR) is 79.9 cm³/mol. The number of hydrogen-bond donors (Lipinski definition) is 1. The Balaban J connectivity index is 1.95. The second-order valence-electron chi connectivity index (χ2n) is 6.36. The zero-order valence-electron chi connectivity index (χ0n) is 12.6. The first-order chi connectivity index (χ1) is 8.77. The van der Waals surface area contributed by atoms with E-state index in [1.54, 1.807) is 0 Å². The van der Waals surface area contributed by atoms with Gasteiger partial charge in [0, 0.05) is 0 Å². The molecule has 0 aromatic carbocycles. The van der Waals surface area contributed by atoms with Crippen LogP contribution in [0.3, 0.4) is 0 Å². The average Bonchev–Trinajstić information content (AvgIpc) is 2.58. The molecule has 1 aliphatic rings. The van der Waals surface area contributed by atoms with E-state index >= 15 is 0 Å². The molecule has 0 saturated heterocycles. The Bertz CT molecular complexity index is 180. The fraction of sp³-hybridized carbons (Fsp3) is 1.00.